The predicted octanol–water partition coefficient (Wildman–Crippen LogP) is 3.32. The van der Waals surface area contributed by atoms with Gasteiger partial charge in [-0.15, -0.1) is 5.10 Å². The summed E-state index contributed by atoms with van der Waals surface area (Å²) in [6.45, 7) is 5.86. The molecule has 0 aliphatic heterocycles. The summed E-state index contributed by atoms with van der Waals surface area (Å²) >= 11 is 0. The lowest BCUT2D eigenvalue weighted by atomic mass is 9.97. The highest BCUT2D eigenvalue weighted by Gasteiger charge is 2.23. The fourth-order valence-electron chi connectivity index (χ4n) is 1.88. The first-order valence-electron chi connectivity index (χ1n) is 7.29. The zero-order valence-corrected chi connectivity index (χ0v) is 14.3. The topological polar surface area (TPSA) is 83.7 Å². The zero-order chi connectivity index (χ0) is 17.7. The van der Waals surface area contributed by atoms with Crippen molar-refractivity contribution in [2.24, 2.45) is 0 Å². The van der Waals surface area contributed by atoms with Gasteiger partial charge in [-0.3, -0.25) is 0 Å². The number of hydrogen-bond acceptors (Lipinski definition) is 7. The minimum absolute atomic E-state index is 0.00555. The van der Waals surface area contributed by atoms with Crippen molar-refractivity contribution < 1.29 is 23.4 Å². The Bertz CT molecular complexity index is 743. The molecule has 7 nitrogen and oxygen atoms in total. The Morgan fingerprint density at radius 1 is 1.17 bits per heavy atom. The van der Waals surface area contributed by atoms with E-state index in [9.17, 15) is 4.79 Å². The number of rotatable bonds is 5. The minimum Gasteiger partial charge on any atom is -0.503 e. The SMILES string of the molecule is CO/C=C(/C(=O)OC)c1ccccc1Oc1nnc(C(C)(C)C)o1. The van der Waals surface area contributed by atoms with Crippen molar-refractivity contribution in [1.29, 1.82) is 0 Å². The predicted molar refractivity (Wildman–Crippen MR) is 86.5 cm³/mol. The van der Waals surface area contributed by atoms with E-state index in [0.717, 1.165) is 0 Å². The van der Waals surface area contributed by atoms with Gasteiger partial charge in [0.15, 0.2) is 0 Å². The van der Waals surface area contributed by atoms with Crippen LogP contribution in [0.1, 0.15) is 32.2 Å². The van der Waals surface area contributed by atoms with E-state index >= 15 is 0 Å². The molecule has 2 rings (SSSR count). The molecule has 1 aromatic carbocycles. The largest absolute Gasteiger partial charge is 0.503 e. The van der Waals surface area contributed by atoms with Crippen LogP contribution in [0.5, 0.6) is 11.8 Å². The molecule has 7 heteroatoms. The number of ether oxygens (including phenoxy) is 3. The van der Waals surface area contributed by atoms with Gasteiger partial charge >= 0.3 is 12.0 Å². The normalized spacial score (nSPS) is 12.0. The van der Waals surface area contributed by atoms with Gasteiger partial charge in [0.25, 0.3) is 0 Å². The first-order valence-corrected chi connectivity index (χ1v) is 7.29. The second-order valence-corrected chi connectivity index (χ2v) is 5.98. The summed E-state index contributed by atoms with van der Waals surface area (Å²) in [5.74, 6) is 0.278. The number of hydrogen-bond donors (Lipinski definition) is 0. The van der Waals surface area contributed by atoms with Gasteiger partial charge in [-0.05, 0) is 6.07 Å². The quantitative estimate of drug-likeness (QED) is 0.472. The van der Waals surface area contributed by atoms with Gasteiger partial charge in [-0.25, -0.2) is 4.79 Å². The van der Waals surface area contributed by atoms with Crippen LogP contribution in [-0.4, -0.2) is 30.4 Å². The van der Waals surface area contributed by atoms with Crippen LogP contribution < -0.4 is 4.74 Å². The number of para-hydroxylation sites is 1. The Hall–Kier alpha value is -2.83. The van der Waals surface area contributed by atoms with E-state index in [-0.39, 0.29) is 17.1 Å². The standard InChI is InChI=1S/C17H20N2O5/c1-17(2,3)15-18-19-16(24-15)23-13-9-7-6-8-11(13)12(10-21-4)14(20)22-5/h6-10H,1-5H3/b12-10+. The number of carbonyl (C=O) groups is 1. The number of nitrogens with zero attached hydrogens (tertiary/aromatic N) is 2. The molecule has 0 aliphatic rings. The van der Waals surface area contributed by atoms with E-state index in [0.29, 0.717) is 17.2 Å². The molecule has 0 bridgehead atoms. The molecular weight excluding hydrogens is 312 g/mol. The zero-order valence-electron chi connectivity index (χ0n) is 14.3. The summed E-state index contributed by atoms with van der Waals surface area (Å²) in [5.41, 5.74) is 0.411. The Kier molecular flexibility index (Phi) is 5.23. The molecule has 128 valence electrons. The van der Waals surface area contributed by atoms with Gasteiger partial charge in [0, 0.05) is 11.0 Å². The maximum Gasteiger partial charge on any atom is 0.420 e. The summed E-state index contributed by atoms with van der Waals surface area (Å²) in [4.78, 5) is 12.0. The highest BCUT2D eigenvalue weighted by atomic mass is 16.6. The molecule has 0 aliphatic carbocycles. The Morgan fingerprint density at radius 2 is 1.88 bits per heavy atom. The van der Waals surface area contributed by atoms with Crippen molar-refractivity contribution in [2.45, 2.75) is 26.2 Å². The maximum atomic E-state index is 12.0. The van der Waals surface area contributed by atoms with Crippen LogP contribution in [0, 0.1) is 0 Å². The van der Waals surface area contributed by atoms with Gasteiger partial charge in [0.1, 0.15) is 11.3 Å². The van der Waals surface area contributed by atoms with E-state index in [2.05, 4.69) is 10.2 Å². The number of benzene rings is 1. The van der Waals surface area contributed by atoms with E-state index in [1.807, 2.05) is 20.8 Å². The molecule has 0 saturated carbocycles. The van der Waals surface area contributed by atoms with Crippen molar-refractivity contribution in [1.82, 2.24) is 10.2 Å². The third kappa shape index (κ3) is 3.92. The van der Waals surface area contributed by atoms with E-state index in [1.165, 1.54) is 20.5 Å². The summed E-state index contributed by atoms with van der Waals surface area (Å²) in [7, 11) is 2.74. The van der Waals surface area contributed by atoms with Crippen LogP contribution >= 0.6 is 0 Å². The molecule has 1 aromatic heterocycles. The van der Waals surface area contributed by atoms with Crippen LogP contribution in [0.3, 0.4) is 0 Å². The van der Waals surface area contributed by atoms with Gasteiger partial charge in [-0.2, -0.15) is 0 Å². The third-order valence-corrected chi connectivity index (χ3v) is 3.06. The van der Waals surface area contributed by atoms with Crippen molar-refractivity contribution in [3.63, 3.8) is 0 Å². The highest BCUT2D eigenvalue weighted by molar-refractivity contribution is 6.16. The Morgan fingerprint density at radius 3 is 2.46 bits per heavy atom. The van der Waals surface area contributed by atoms with Crippen LogP contribution in [0.2, 0.25) is 0 Å². The summed E-state index contributed by atoms with van der Waals surface area (Å²) in [6.07, 6.45) is 1.29. The molecule has 24 heavy (non-hydrogen) atoms. The minimum atomic E-state index is -0.547. The van der Waals surface area contributed by atoms with Crippen LogP contribution in [0.15, 0.2) is 34.9 Å². The molecule has 0 fully saturated rings. The lowest BCUT2D eigenvalue weighted by Crippen LogP contribution is -2.11. The lowest BCUT2D eigenvalue weighted by molar-refractivity contribution is -0.133. The third-order valence-electron chi connectivity index (χ3n) is 3.06. The summed E-state index contributed by atoms with van der Waals surface area (Å²) in [5, 5.41) is 7.86. The first-order chi connectivity index (χ1) is 11.4. The van der Waals surface area contributed by atoms with E-state index in [1.54, 1.807) is 24.3 Å². The Balaban J connectivity index is 2.37. The molecule has 2 aromatic rings. The Labute approximate surface area is 140 Å². The summed E-state index contributed by atoms with van der Waals surface area (Å²) in [6, 6.07) is 6.92. The average molecular weight is 332 g/mol. The molecule has 0 saturated heterocycles. The van der Waals surface area contributed by atoms with Crippen molar-refractivity contribution in [2.75, 3.05) is 14.2 Å². The van der Waals surface area contributed by atoms with E-state index in [4.69, 9.17) is 18.6 Å². The number of methoxy groups -OCH3 is 2. The van der Waals surface area contributed by atoms with E-state index < -0.39 is 5.97 Å². The smallest absolute Gasteiger partial charge is 0.420 e. The molecule has 0 spiro atoms. The average Bonchev–Trinajstić information content (AvgIpc) is 3.01. The number of aromatic nitrogens is 2. The molecule has 0 N–H and O–H groups in total. The molecule has 1 heterocycles. The molecule has 0 amide bonds. The molecule has 0 radical (unpaired) electrons. The highest BCUT2D eigenvalue weighted by Crippen LogP contribution is 2.31. The number of carbonyl (C=O) groups excluding carboxylic acids is 1. The van der Waals surface area contributed by atoms with Crippen LogP contribution in [0.25, 0.3) is 5.57 Å². The second kappa shape index (κ2) is 7.16. The summed E-state index contributed by atoms with van der Waals surface area (Å²) < 4.78 is 20.9. The fraction of sp³-hybridized carbons (Fsp3) is 0.353. The molecule has 0 atom stereocenters. The molecule has 0 unspecified atom stereocenters. The van der Waals surface area contributed by atoms with Gasteiger partial charge < -0.3 is 18.6 Å². The van der Waals surface area contributed by atoms with Gasteiger partial charge in [0.2, 0.25) is 5.89 Å². The lowest BCUT2D eigenvalue weighted by Gasteiger charge is -2.12. The van der Waals surface area contributed by atoms with Crippen molar-refractivity contribution in [3.8, 4) is 11.8 Å². The number of esters is 1. The van der Waals surface area contributed by atoms with Crippen LogP contribution in [-0.2, 0) is 19.7 Å². The molecular formula is C17H20N2O5. The second-order valence-electron chi connectivity index (χ2n) is 5.98. The van der Waals surface area contributed by atoms with Crippen LogP contribution in [0.4, 0.5) is 0 Å². The van der Waals surface area contributed by atoms with Crippen molar-refractivity contribution in [3.05, 3.63) is 42.0 Å². The fourth-order valence-corrected chi connectivity index (χ4v) is 1.88. The van der Waals surface area contributed by atoms with Crippen molar-refractivity contribution >= 4 is 11.5 Å². The monoisotopic (exact) mass is 332 g/mol. The maximum absolute atomic E-state index is 12.0. The van der Waals surface area contributed by atoms with Gasteiger partial charge in [0.05, 0.1) is 20.5 Å². The van der Waals surface area contributed by atoms with Gasteiger partial charge in [-0.1, -0.05) is 44.1 Å². The first kappa shape index (κ1) is 17.5.